The molecule has 1 fully saturated rings. The second-order valence-corrected chi connectivity index (χ2v) is 5.92. The summed E-state index contributed by atoms with van der Waals surface area (Å²) in [4.78, 5) is 0. The summed E-state index contributed by atoms with van der Waals surface area (Å²) in [5.74, 6) is 0.532. The fourth-order valence-corrected chi connectivity index (χ4v) is 1.72. The molecule has 3 nitrogen and oxygen atoms in total. The summed E-state index contributed by atoms with van der Waals surface area (Å²) in [6, 6.07) is 0. The van der Waals surface area contributed by atoms with Crippen molar-refractivity contribution in [2.24, 2.45) is 11.7 Å². The molecule has 0 aromatic carbocycles. The molecule has 0 aromatic rings. The van der Waals surface area contributed by atoms with Crippen LogP contribution < -0.4 is 5.73 Å². The first-order valence-electron chi connectivity index (χ1n) is 5.77. The van der Waals surface area contributed by atoms with E-state index in [2.05, 4.69) is 41.5 Å². The molecule has 88 valence electrons. The Hall–Kier alpha value is -0.0551. The number of nitrogens with two attached hydrogens (primary N) is 1. The summed E-state index contributed by atoms with van der Waals surface area (Å²) in [6.45, 7) is 12.5. The highest BCUT2D eigenvalue weighted by molar-refractivity contribution is 6.47. The monoisotopic (exact) mass is 213 g/mol. The maximum atomic E-state index is 6.07. The highest BCUT2D eigenvalue weighted by Gasteiger charge is 2.52. The van der Waals surface area contributed by atoms with E-state index < -0.39 is 0 Å². The molecule has 1 aliphatic rings. The zero-order chi connectivity index (χ0) is 11.9. The van der Waals surface area contributed by atoms with Crippen molar-refractivity contribution in [1.82, 2.24) is 0 Å². The van der Waals surface area contributed by atoms with Gasteiger partial charge in [-0.2, -0.15) is 0 Å². The summed E-state index contributed by atoms with van der Waals surface area (Å²) >= 11 is 0. The van der Waals surface area contributed by atoms with Crippen LogP contribution in [0.25, 0.3) is 0 Å². The van der Waals surface area contributed by atoms with Crippen LogP contribution in [0.4, 0.5) is 0 Å². The van der Waals surface area contributed by atoms with Crippen LogP contribution in [0, 0.1) is 5.92 Å². The van der Waals surface area contributed by atoms with Gasteiger partial charge in [-0.05, 0) is 40.0 Å². The number of hydrogen-bond donors (Lipinski definition) is 1. The molecular formula is C11H24BNO2. The molecule has 0 radical (unpaired) electrons. The maximum Gasteiger partial charge on any atom is 0.475 e. The van der Waals surface area contributed by atoms with Crippen molar-refractivity contribution in [2.45, 2.75) is 65.1 Å². The lowest BCUT2D eigenvalue weighted by atomic mass is 9.75. The minimum absolute atomic E-state index is 0.0361. The van der Waals surface area contributed by atoms with Gasteiger partial charge in [0.05, 0.1) is 11.2 Å². The lowest BCUT2D eigenvalue weighted by molar-refractivity contribution is 0.00578. The van der Waals surface area contributed by atoms with Crippen LogP contribution in [0.5, 0.6) is 0 Å². The van der Waals surface area contributed by atoms with Gasteiger partial charge in [-0.3, -0.25) is 0 Å². The molecule has 1 saturated heterocycles. The molecule has 1 atom stereocenters. The van der Waals surface area contributed by atoms with E-state index in [4.69, 9.17) is 15.0 Å². The Morgan fingerprint density at radius 2 is 1.47 bits per heavy atom. The lowest BCUT2D eigenvalue weighted by Gasteiger charge is -2.32. The van der Waals surface area contributed by atoms with Crippen LogP contribution in [-0.2, 0) is 9.31 Å². The van der Waals surface area contributed by atoms with Gasteiger partial charge in [0, 0.05) is 5.94 Å². The molecule has 0 amide bonds. The highest BCUT2D eigenvalue weighted by Crippen LogP contribution is 2.37. The van der Waals surface area contributed by atoms with E-state index in [1.54, 1.807) is 0 Å². The predicted octanol–water partition coefficient (Wildman–Crippen LogP) is 1.99. The summed E-state index contributed by atoms with van der Waals surface area (Å²) in [5, 5.41) is 0. The van der Waals surface area contributed by atoms with Crippen molar-refractivity contribution >= 4 is 7.12 Å². The van der Waals surface area contributed by atoms with Crippen LogP contribution in [0.3, 0.4) is 0 Å². The average molecular weight is 213 g/mol. The number of rotatable bonds is 3. The Morgan fingerprint density at radius 1 is 1.07 bits per heavy atom. The molecule has 1 rings (SSSR count). The van der Waals surface area contributed by atoms with E-state index in [1.807, 2.05) is 0 Å². The molecule has 0 unspecified atom stereocenters. The average Bonchev–Trinajstić information content (AvgIpc) is 2.20. The first kappa shape index (κ1) is 13.0. The van der Waals surface area contributed by atoms with Gasteiger partial charge in [-0.1, -0.05) is 13.8 Å². The maximum absolute atomic E-state index is 6.07. The van der Waals surface area contributed by atoms with E-state index in [0.29, 0.717) is 5.92 Å². The Labute approximate surface area is 93.8 Å². The van der Waals surface area contributed by atoms with Gasteiger partial charge in [0.25, 0.3) is 0 Å². The smallest absolute Gasteiger partial charge is 0.402 e. The minimum atomic E-state index is -0.272. The zero-order valence-corrected chi connectivity index (χ0v) is 10.8. The van der Waals surface area contributed by atoms with Gasteiger partial charge >= 0.3 is 7.12 Å². The van der Waals surface area contributed by atoms with E-state index >= 15 is 0 Å². The van der Waals surface area contributed by atoms with Gasteiger partial charge in [-0.25, -0.2) is 0 Å². The Kier molecular flexibility index (Phi) is 3.54. The minimum Gasteiger partial charge on any atom is -0.402 e. The fraction of sp³-hybridized carbons (Fsp3) is 1.00. The molecule has 0 aliphatic carbocycles. The first-order valence-corrected chi connectivity index (χ1v) is 5.77. The van der Waals surface area contributed by atoms with Gasteiger partial charge in [0.15, 0.2) is 0 Å². The lowest BCUT2D eigenvalue weighted by Crippen LogP contribution is -2.42. The van der Waals surface area contributed by atoms with E-state index in [-0.39, 0.29) is 24.3 Å². The Morgan fingerprint density at radius 3 is 1.80 bits per heavy atom. The quantitative estimate of drug-likeness (QED) is 0.729. The molecule has 1 aliphatic heterocycles. The summed E-state index contributed by atoms with van der Waals surface area (Å²) in [5.41, 5.74) is 5.53. The summed E-state index contributed by atoms with van der Waals surface area (Å²) < 4.78 is 11.8. The molecule has 4 heteroatoms. The van der Waals surface area contributed by atoms with Crippen molar-refractivity contribution in [3.63, 3.8) is 0 Å². The van der Waals surface area contributed by atoms with Crippen LogP contribution in [0.15, 0.2) is 0 Å². The van der Waals surface area contributed by atoms with Crippen LogP contribution in [0.1, 0.15) is 48.0 Å². The van der Waals surface area contributed by atoms with Crippen molar-refractivity contribution in [3.8, 4) is 0 Å². The van der Waals surface area contributed by atoms with Crippen molar-refractivity contribution in [3.05, 3.63) is 0 Å². The normalized spacial score (nSPS) is 26.0. The topological polar surface area (TPSA) is 44.5 Å². The van der Waals surface area contributed by atoms with Crippen LogP contribution in [0.2, 0.25) is 0 Å². The fourth-order valence-electron chi connectivity index (χ4n) is 1.72. The second kappa shape index (κ2) is 4.08. The van der Waals surface area contributed by atoms with Crippen LogP contribution >= 0.6 is 0 Å². The Bertz CT molecular complexity index is 213. The standard InChI is InChI=1S/C11H24BNO2/c1-8(2)7-9(13)12-14-10(3,4)11(5,6)15-12/h8-9H,7,13H2,1-6H3/t9-/m1/s1. The molecular weight excluding hydrogens is 189 g/mol. The third-order valence-electron chi connectivity index (χ3n) is 3.36. The summed E-state index contributed by atoms with van der Waals surface area (Å²) in [7, 11) is -0.266. The van der Waals surface area contributed by atoms with Gasteiger partial charge in [0.2, 0.25) is 0 Å². The van der Waals surface area contributed by atoms with E-state index in [0.717, 1.165) is 6.42 Å². The van der Waals surface area contributed by atoms with Gasteiger partial charge in [0.1, 0.15) is 0 Å². The second-order valence-electron chi connectivity index (χ2n) is 5.92. The molecule has 0 spiro atoms. The predicted molar refractivity (Wildman–Crippen MR) is 63.5 cm³/mol. The summed E-state index contributed by atoms with van der Waals surface area (Å²) in [6.07, 6.45) is 0.927. The van der Waals surface area contributed by atoms with Crippen LogP contribution in [-0.4, -0.2) is 24.3 Å². The first-order chi connectivity index (χ1) is 6.66. The number of hydrogen-bond acceptors (Lipinski definition) is 3. The zero-order valence-electron chi connectivity index (χ0n) is 10.8. The molecule has 1 heterocycles. The largest absolute Gasteiger partial charge is 0.475 e. The highest BCUT2D eigenvalue weighted by atomic mass is 16.7. The third-order valence-corrected chi connectivity index (χ3v) is 3.36. The molecule has 0 bridgehead atoms. The van der Waals surface area contributed by atoms with E-state index in [1.165, 1.54) is 0 Å². The van der Waals surface area contributed by atoms with Gasteiger partial charge in [-0.15, -0.1) is 0 Å². The molecule has 15 heavy (non-hydrogen) atoms. The van der Waals surface area contributed by atoms with E-state index in [9.17, 15) is 0 Å². The molecule has 0 aromatic heterocycles. The van der Waals surface area contributed by atoms with Gasteiger partial charge < -0.3 is 15.0 Å². The van der Waals surface area contributed by atoms with Crippen molar-refractivity contribution in [2.75, 3.05) is 0 Å². The third kappa shape index (κ3) is 2.74. The van der Waals surface area contributed by atoms with Crippen molar-refractivity contribution < 1.29 is 9.31 Å². The molecule has 0 saturated carbocycles. The van der Waals surface area contributed by atoms with Crippen molar-refractivity contribution in [1.29, 1.82) is 0 Å². The SMILES string of the molecule is CC(C)C[C@@H](N)B1OC(C)(C)C(C)(C)O1. The molecule has 2 N–H and O–H groups in total. The Balaban J connectivity index is 2.62.